The highest BCUT2D eigenvalue weighted by Gasteiger charge is 2.25. The molecule has 3 nitrogen and oxygen atoms in total. The largest absolute Gasteiger partial charge is 0.393 e. The van der Waals surface area contributed by atoms with Gasteiger partial charge in [-0.25, -0.2) is 0 Å². The number of hydrogen-bond acceptors (Lipinski definition) is 3. The Morgan fingerprint density at radius 1 is 0.842 bits per heavy atom. The van der Waals surface area contributed by atoms with Crippen molar-refractivity contribution in [2.24, 2.45) is 0 Å². The molecule has 3 aromatic rings. The number of rotatable bonds is 14. The van der Waals surface area contributed by atoms with E-state index in [-0.39, 0.29) is 11.5 Å². The molecule has 2 unspecified atom stereocenters. The Bertz CT molecular complexity index is 1150. The second kappa shape index (κ2) is 13.8. The first-order chi connectivity index (χ1) is 18.1. The van der Waals surface area contributed by atoms with Crippen LogP contribution in [-0.2, 0) is 24.7 Å². The standard InChI is InChI=1S/C35H50N2O/c1-8-10-30-23-31(36-20-19-28-12-14-29(15-13-28)22-27(5)38)16-18-34(30)37-24-35(6,7)33-21-25(3)11-17-32(33)26(4)9-2/h11-18,21,23,26-27,36-38H,8-10,19-20,22,24H2,1-7H3. The van der Waals surface area contributed by atoms with E-state index in [0.29, 0.717) is 12.3 Å². The van der Waals surface area contributed by atoms with Gasteiger partial charge in [-0.15, -0.1) is 0 Å². The van der Waals surface area contributed by atoms with Gasteiger partial charge in [0.05, 0.1) is 6.10 Å². The van der Waals surface area contributed by atoms with Gasteiger partial charge < -0.3 is 15.7 Å². The average Bonchev–Trinajstić information content (AvgIpc) is 2.88. The molecule has 3 aromatic carbocycles. The number of benzene rings is 3. The summed E-state index contributed by atoms with van der Waals surface area (Å²) in [5.41, 5.74) is 10.6. The Morgan fingerprint density at radius 3 is 2.21 bits per heavy atom. The van der Waals surface area contributed by atoms with E-state index < -0.39 is 0 Å². The van der Waals surface area contributed by atoms with Gasteiger partial charge in [0.1, 0.15) is 0 Å². The molecule has 2 atom stereocenters. The monoisotopic (exact) mass is 514 g/mol. The Balaban J connectivity index is 1.65. The summed E-state index contributed by atoms with van der Waals surface area (Å²) in [6, 6.07) is 22.4. The van der Waals surface area contributed by atoms with Crippen molar-refractivity contribution in [3.63, 3.8) is 0 Å². The third-order valence-electron chi connectivity index (χ3n) is 7.72. The molecule has 0 aliphatic carbocycles. The normalized spacial score (nSPS) is 13.3. The summed E-state index contributed by atoms with van der Waals surface area (Å²) in [5.74, 6) is 0.563. The predicted molar refractivity (Wildman–Crippen MR) is 166 cm³/mol. The molecule has 206 valence electrons. The molecule has 0 fully saturated rings. The minimum absolute atomic E-state index is 0.0238. The number of hydrogen-bond donors (Lipinski definition) is 3. The number of aliphatic hydroxyl groups is 1. The number of aliphatic hydroxyl groups excluding tert-OH is 1. The van der Waals surface area contributed by atoms with Gasteiger partial charge >= 0.3 is 0 Å². The highest BCUT2D eigenvalue weighted by Crippen LogP contribution is 2.34. The summed E-state index contributed by atoms with van der Waals surface area (Å²) < 4.78 is 0. The van der Waals surface area contributed by atoms with E-state index >= 15 is 0 Å². The summed E-state index contributed by atoms with van der Waals surface area (Å²) in [7, 11) is 0. The lowest BCUT2D eigenvalue weighted by Gasteiger charge is -2.31. The van der Waals surface area contributed by atoms with Crippen molar-refractivity contribution < 1.29 is 5.11 Å². The van der Waals surface area contributed by atoms with Crippen LogP contribution in [0, 0.1) is 6.92 Å². The first-order valence-corrected chi connectivity index (χ1v) is 14.6. The molecule has 3 rings (SSSR count). The molecule has 0 saturated carbocycles. The second-order valence-corrected chi connectivity index (χ2v) is 11.8. The third-order valence-corrected chi connectivity index (χ3v) is 7.72. The summed E-state index contributed by atoms with van der Waals surface area (Å²) in [6.45, 7) is 17.4. The Labute approximate surface area is 232 Å². The quantitative estimate of drug-likeness (QED) is 0.202. The third kappa shape index (κ3) is 8.36. The summed E-state index contributed by atoms with van der Waals surface area (Å²) in [4.78, 5) is 0. The summed E-state index contributed by atoms with van der Waals surface area (Å²) in [6.07, 6.45) is 4.72. The van der Waals surface area contributed by atoms with Crippen LogP contribution >= 0.6 is 0 Å². The lowest BCUT2D eigenvalue weighted by molar-refractivity contribution is 0.195. The number of aryl methyl sites for hydroxylation is 2. The van der Waals surface area contributed by atoms with Crippen molar-refractivity contribution in [3.05, 3.63) is 94.0 Å². The fraction of sp³-hybridized carbons (Fsp3) is 0.486. The van der Waals surface area contributed by atoms with Crippen molar-refractivity contribution in [1.29, 1.82) is 0 Å². The van der Waals surface area contributed by atoms with Crippen LogP contribution in [0.1, 0.15) is 93.7 Å². The minimum atomic E-state index is -0.298. The average molecular weight is 515 g/mol. The molecular formula is C35H50N2O. The van der Waals surface area contributed by atoms with Gasteiger partial charge in [-0.1, -0.05) is 89.1 Å². The van der Waals surface area contributed by atoms with Gasteiger partial charge in [-0.3, -0.25) is 0 Å². The van der Waals surface area contributed by atoms with Crippen LogP contribution in [0.5, 0.6) is 0 Å². The Hall–Kier alpha value is -2.78. The molecular weight excluding hydrogens is 464 g/mol. The van der Waals surface area contributed by atoms with E-state index in [4.69, 9.17) is 0 Å². The minimum Gasteiger partial charge on any atom is -0.393 e. The van der Waals surface area contributed by atoms with Crippen molar-refractivity contribution in [2.45, 2.75) is 98.0 Å². The van der Waals surface area contributed by atoms with Crippen LogP contribution in [0.4, 0.5) is 11.4 Å². The van der Waals surface area contributed by atoms with Crippen LogP contribution in [-0.4, -0.2) is 24.3 Å². The molecule has 0 spiro atoms. The molecule has 0 saturated heterocycles. The van der Waals surface area contributed by atoms with Crippen LogP contribution in [0.2, 0.25) is 0 Å². The Kier molecular flexibility index (Phi) is 10.8. The van der Waals surface area contributed by atoms with Crippen LogP contribution in [0.25, 0.3) is 0 Å². The topological polar surface area (TPSA) is 44.3 Å². The molecule has 0 aliphatic rings. The van der Waals surface area contributed by atoms with Gasteiger partial charge in [-0.05, 0) is 91.5 Å². The number of anilines is 2. The van der Waals surface area contributed by atoms with Crippen molar-refractivity contribution >= 4 is 11.4 Å². The molecule has 0 heterocycles. The van der Waals surface area contributed by atoms with Crippen LogP contribution in [0.3, 0.4) is 0 Å². The maximum absolute atomic E-state index is 9.58. The van der Waals surface area contributed by atoms with E-state index in [1.165, 1.54) is 44.8 Å². The van der Waals surface area contributed by atoms with E-state index in [9.17, 15) is 5.11 Å². The van der Waals surface area contributed by atoms with E-state index in [0.717, 1.165) is 38.8 Å². The molecule has 3 N–H and O–H groups in total. The van der Waals surface area contributed by atoms with Crippen molar-refractivity contribution in [2.75, 3.05) is 23.7 Å². The zero-order valence-electron chi connectivity index (χ0n) is 24.8. The van der Waals surface area contributed by atoms with Gasteiger partial charge in [-0.2, -0.15) is 0 Å². The van der Waals surface area contributed by atoms with E-state index in [2.05, 4.69) is 113 Å². The molecule has 38 heavy (non-hydrogen) atoms. The first kappa shape index (κ1) is 29.8. The molecule has 0 aromatic heterocycles. The lowest BCUT2D eigenvalue weighted by Crippen LogP contribution is -2.29. The molecule has 0 amide bonds. The van der Waals surface area contributed by atoms with Crippen LogP contribution < -0.4 is 10.6 Å². The smallest absolute Gasteiger partial charge is 0.0552 e. The van der Waals surface area contributed by atoms with Gasteiger partial charge in [0.25, 0.3) is 0 Å². The molecule has 0 bridgehead atoms. The maximum Gasteiger partial charge on any atom is 0.0552 e. The zero-order valence-corrected chi connectivity index (χ0v) is 24.8. The lowest BCUT2D eigenvalue weighted by atomic mass is 9.77. The van der Waals surface area contributed by atoms with Gasteiger partial charge in [0.15, 0.2) is 0 Å². The summed E-state index contributed by atoms with van der Waals surface area (Å²) in [5, 5.41) is 17.0. The van der Waals surface area contributed by atoms with Crippen molar-refractivity contribution in [1.82, 2.24) is 0 Å². The molecule has 0 radical (unpaired) electrons. The first-order valence-electron chi connectivity index (χ1n) is 14.6. The zero-order chi connectivity index (χ0) is 27.7. The maximum atomic E-state index is 9.58. The highest BCUT2D eigenvalue weighted by atomic mass is 16.3. The predicted octanol–water partition coefficient (Wildman–Crippen LogP) is 8.43. The molecule has 3 heteroatoms. The Morgan fingerprint density at radius 2 is 1.55 bits per heavy atom. The highest BCUT2D eigenvalue weighted by molar-refractivity contribution is 5.60. The molecule has 0 aliphatic heterocycles. The van der Waals surface area contributed by atoms with Crippen molar-refractivity contribution in [3.8, 4) is 0 Å². The summed E-state index contributed by atoms with van der Waals surface area (Å²) >= 11 is 0. The number of nitrogens with one attached hydrogen (secondary N) is 2. The fourth-order valence-electron chi connectivity index (χ4n) is 5.20. The van der Waals surface area contributed by atoms with Gasteiger partial charge in [0, 0.05) is 29.9 Å². The van der Waals surface area contributed by atoms with E-state index in [1.807, 2.05) is 6.92 Å². The van der Waals surface area contributed by atoms with Crippen LogP contribution in [0.15, 0.2) is 60.7 Å². The SMILES string of the molecule is CCCc1cc(NCCc2ccc(CC(C)O)cc2)ccc1NCC(C)(C)c1cc(C)ccc1C(C)CC. The second-order valence-electron chi connectivity index (χ2n) is 11.8. The fourth-order valence-corrected chi connectivity index (χ4v) is 5.20. The van der Waals surface area contributed by atoms with Gasteiger partial charge in [0.2, 0.25) is 0 Å². The van der Waals surface area contributed by atoms with E-state index in [1.54, 1.807) is 0 Å².